The molecule has 0 spiro atoms. The summed E-state index contributed by atoms with van der Waals surface area (Å²) in [4.78, 5) is 35.3. The molecule has 28 heavy (non-hydrogen) atoms. The fourth-order valence-electron chi connectivity index (χ4n) is 3.52. The Bertz CT molecular complexity index is 1020. The van der Waals surface area contributed by atoms with Crippen LogP contribution in [0.2, 0.25) is 0 Å². The summed E-state index contributed by atoms with van der Waals surface area (Å²) in [6.07, 6.45) is 6.70. The lowest BCUT2D eigenvalue weighted by atomic mass is 9.96. The van der Waals surface area contributed by atoms with Gasteiger partial charge in [0.05, 0.1) is 12.0 Å². The lowest BCUT2D eigenvalue weighted by Gasteiger charge is -2.31. The summed E-state index contributed by atoms with van der Waals surface area (Å²) in [6.45, 7) is 3.83. The Morgan fingerprint density at radius 3 is 2.75 bits per heavy atom. The molecular weight excluding hydrogens is 356 g/mol. The lowest BCUT2D eigenvalue weighted by Crippen LogP contribution is -2.40. The summed E-state index contributed by atoms with van der Waals surface area (Å²) >= 11 is 0. The number of carbonyl (C=O) groups is 1. The standard InChI is InChI=1S/C20H22N6O2/c1-14-9-18(24-23-14)20(28)25-7-4-15(5-8-25)12-26-13-22-17(10-19(26)27)16-3-2-6-21-11-16/h2-3,6,9-11,13,15H,4-5,7-8,12H2,1H3,(H,23,24). The SMILES string of the molecule is Cc1cc(C(=O)N2CCC(Cn3cnc(-c4cccnc4)cc3=O)CC2)n[nH]1. The average molecular weight is 378 g/mol. The molecule has 0 radical (unpaired) electrons. The Morgan fingerprint density at radius 1 is 1.29 bits per heavy atom. The summed E-state index contributed by atoms with van der Waals surface area (Å²) in [5.74, 6) is 0.302. The van der Waals surface area contributed by atoms with Crippen molar-refractivity contribution in [1.82, 2.24) is 29.6 Å². The van der Waals surface area contributed by atoms with Crippen molar-refractivity contribution in [3.8, 4) is 11.3 Å². The molecule has 3 aromatic heterocycles. The van der Waals surface area contributed by atoms with Crippen LogP contribution in [0.25, 0.3) is 11.3 Å². The first-order valence-corrected chi connectivity index (χ1v) is 9.38. The van der Waals surface area contributed by atoms with E-state index in [1.165, 1.54) is 0 Å². The smallest absolute Gasteiger partial charge is 0.274 e. The number of rotatable bonds is 4. The van der Waals surface area contributed by atoms with Gasteiger partial charge in [-0.05, 0) is 43.9 Å². The van der Waals surface area contributed by atoms with Gasteiger partial charge in [0.1, 0.15) is 5.69 Å². The van der Waals surface area contributed by atoms with Gasteiger partial charge in [-0.3, -0.25) is 24.2 Å². The van der Waals surface area contributed by atoms with E-state index in [0.717, 1.165) is 24.1 Å². The lowest BCUT2D eigenvalue weighted by molar-refractivity contribution is 0.0676. The van der Waals surface area contributed by atoms with Crippen LogP contribution in [0.1, 0.15) is 29.0 Å². The van der Waals surface area contributed by atoms with Gasteiger partial charge < -0.3 is 4.90 Å². The van der Waals surface area contributed by atoms with Crippen molar-refractivity contribution >= 4 is 5.91 Å². The second-order valence-corrected chi connectivity index (χ2v) is 7.18. The Balaban J connectivity index is 1.37. The van der Waals surface area contributed by atoms with Gasteiger partial charge in [0.25, 0.3) is 11.5 Å². The molecule has 1 saturated heterocycles. The number of likely N-dealkylation sites (tertiary alicyclic amines) is 1. The van der Waals surface area contributed by atoms with Crippen LogP contribution in [-0.2, 0) is 6.54 Å². The van der Waals surface area contributed by atoms with Crippen LogP contribution < -0.4 is 5.56 Å². The quantitative estimate of drug-likeness (QED) is 0.748. The number of nitrogens with zero attached hydrogens (tertiary/aromatic N) is 5. The third kappa shape index (κ3) is 3.85. The van der Waals surface area contributed by atoms with Crippen LogP contribution in [0.5, 0.6) is 0 Å². The molecule has 0 aliphatic carbocycles. The molecule has 1 N–H and O–H groups in total. The second-order valence-electron chi connectivity index (χ2n) is 7.18. The van der Waals surface area contributed by atoms with E-state index in [1.54, 1.807) is 35.4 Å². The number of pyridine rings is 1. The maximum atomic E-state index is 12.5. The van der Waals surface area contributed by atoms with Crippen molar-refractivity contribution in [3.05, 3.63) is 64.7 Å². The minimum atomic E-state index is -0.0700. The predicted octanol–water partition coefficient (Wildman–Crippen LogP) is 1.89. The number of hydrogen-bond donors (Lipinski definition) is 1. The van der Waals surface area contributed by atoms with Crippen LogP contribution >= 0.6 is 0 Å². The Kier molecular flexibility index (Phi) is 5.01. The highest BCUT2D eigenvalue weighted by molar-refractivity contribution is 5.92. The number of piperidine rings is 1. The first-order chi connectivity index (χ1) is 13.6. The first-order valence-electron chi connectivity index (χ1n) is 9.38. The molecule has 1 fully saturated rings. The molecule has 0 bridgehead atoms. The van der Waals surface area contributed by atoms with Gasteiger partial charge in [-0.15, -0.1) is 0 Å². The van der Waals surface area contributed by atoms with E-state index >= 15 is 0 Å². The Hall–Kier alpha value is -3.29. The number of nitrogens with one attached hydrogen (secondary N) is 1. The number of carbonyl (C=O) groups excluding carboxylic acids is 1. The van der Waals surface area contributed by atoms with Crippen LogP contribution in [0.3, 0.4) is 0 Å². The van der Waals surface area contributed by atoms with Crippen molar-refractivity contribution in [2.75, 3.05) is 13.1 Å². The van der Waals surface area contributed by atoms with E-state index in [-0.39, 0.29) is 11.5 Å². The third-order valence-corrected chi connectivity index (χ3v) is 5.12. The van der Waals surface area contributed by atoms with Gasteiger partial charge in [-0.2, -0.15) is 5.10 Å². The van der Waals surface area contributed by atoms with E-state index in [1.807, 2.05) is 24.0 Å². The second kappa shape index (κ2) is 7.75. The highest BCUT2D eigenvalue weighted by atomic mass is 16.2. The third-order valence-electron chi connectivity index (χ3n) is 5.12. The summed E-state index contributed by atoms with van der Waals surface area (Å²) in [5.41, 5.74) is 2.72. The molecule has 4 rings (SSSR count). The van der Waals surface area contributed by atoms with Crippen LogP contribution in [0.15, 0.2) is 47.8 Å². The van der Waals surface area contributed by atoms with Crippen LogP contribution in [-0.4, -0.2) is 48.6 Å². The van der Waals surface area contributed by atoms with Crippen LogP contribution in [0.4, 0.5) is 0 Å². The molecule has 1 amide bonds. The summed E-state index contributed by atoms with van der Waals surface area (Å²) < 4.78 is 1.65. The minimum absolute atomic E-state index is 0.0394. The fraction of sp³-hybridized carbons (Fsp3) is 0.350. The Morgan fingerprint density at radius 2 is 2.11 bits per heavy atom. The van der Waals surface area contributed by atoms with Gasteiger partial charge >= 0.3 is 0 Å². The summed E-state index contributed by atoms with van der Waals surface area (Å²) in [6, 6.07) is 7.02. The van der Waals surface area contributed by atoms with Gasteiger partial charge in [-0.1, -0.05) is 0 Å². The van der Waals surface area contributed by atoms with Crippen molar-refractivity contribution in [2.45, 2.75) is 26.3 Å². The van der Waals surface area contributed by atoms with Gasteiger partial charge in [-0.25, -0.2) is 4.98 Å². The average Bonchev–Trinajstić information content (AvgIpc) is 3.16. The number of hydrogen-bond acceptors (Lipinski definition) is 5. The van der Waals surface area contributed by atoms with Crippen molar-refractivity contribution < 1.29 is 4.79 Å². The van der Waals surface area contributed by atoms with Gasteiger partial charge in [0.2, 0.25) is 0 Å². The molecule has 0 unspecified atom stereocenters. The molecule has 4 heterocycles. The molecule has 0 saturated carbocycles. The molecule has 8 nitrogen and oxygen atoms in total. The highest BCUT2D eigenvalue weighted by Crippen LogP contribution is 2.20. The molecule has 144 valence electrons. The van der Waals surface area contributed by atoms with E-state index in [2.05, 4.69) is 20.2 Å². The molecule has 3 aromatic rings. The van der Waals surface area contributed by atoms with E-state index < -0.39 is 0 Å². The monoisotopic (exact) mass is 378 g/mol. The fourth-order valence-corrected chi connectivity index (χ4v) is 3.52. The van der Waals surface area contributed by atoms with Gasteiger partial charge in [0.15, 0.2) is 0 Å². The molecule has 0 atom stereocenters. The number of H-pyrrole nitrogens is 1. The van der Waals surface area contributed by atoms with E-state index in [4.69, 9.17) is 0 Å². The zero-order chi connectivity index (χ0) is 19.5. The van der Waals surface area contributed by atoms with Crippen molar-refractivity contribution in [3.63, 3.8) is 0 Å². The summed E-state index contributed by atoms with van der Waals surface area (Å²) in [7, 11) is 0. The number of aromatic nitrogens is 5. The molecular formula is C20H22N6O2. The first kappa shape index (κ1) is 18.1. The normalized spacial score (nSPS) is 15.0. The largest absolute Gasteiger partial charge is 0.337 e. The maximum absolute atomic E-state index is 12.5. The maximum Gasteiger partial charge on any atom is 0.274 e. The Labute approximate surface area is 162 Å². The molecule has 1 aliphatic heterocycles. The number of amides is 1. The van der Waals surface area contributed by atoms with E-state index in [9.17, 15) is 9.59 Å². The predicted molar refractivity (Wildman–Crippen MR) is 104 cm³/mol. The van der Waals surface area contributed by atoms with Crippen molar-refractivity contribution in [2.24, 2.45) is 5.92 Å². The summed E-state index contributed by atoms with van der Waals surface area (Å²) in [5, 5.41) is 6.85. The van der Waals surface area contributed by atoms with Gasteiger partial charge in [0, 0.05) is 49.4 Å². The zero-order valence-corrected chi connectivity index (χ0v) is 15.7. The number of aryl methyl sites for hydroxylation is 1. The molecule has 0 aromatic carbocycles. The zero-order valence-electron chi connectivity index (χ0n) is 15.7. The number of aromatic amines is 1. The topological polar surface area (TPSA) is 96.8 Å². The van der Waals surface area contributed by atoms with Crippen molar-refractivity contribution in [1.29, 1.82) is 0 Å². The minimum Gasteiger partial charge on any atom is -0.337 e. The molecule has 1 aliphatic rings. The van der Waals surface area contributed by atoms with Crippen LogP contribution in [0, 0.1) is 12.8 Å². The molecule has 8 heteroatoms. The highest BCUT2D eigenvalue weighted by Gasteiger charge is 2.25. The van der Waals surface area contributed by atoms with E-state index in [0.29, 0.717) is 36.9 Å².